The third kappa shape index (κ3) is 4.50. The zero-order valence-corrected chi connectivity index (χ0v) is 16.7. The van der Waals surface area contributed by atoms with Crippen molar-refractivity contribution in [2.45, 2.75) is 44.4 Å². The molecule has 1 aliphatic rings. The van der Waals surface area contributed by atoms with Crippen molar-refractivity contribution >= 4 is 21.6 Å². The Bertz CT molecular complexity index is 930. The van der Waals surface area contributed by atoms with Crippen LogP contribution in [0.1, 0.15) is 47.2 Å². The zero-order valence-electron chi connectivity index (χ0n) is 15.9. The molecule has 1 N–H and O–H groups in total. The molecular weight excluding hydrogens is 360 g/mol. The highest BCUT2D eigenvalue weighted by Crippen LogP contribution is 2.24. The van der Waals surface area contributed by atoms with Gasteiger partial charge in [0, 0.05) is 18.7 Å². The maximum absolute atomic E-state index is 12.9. The van der Waals surface area contributed by atoms with Gasteiger partial charge in [-0.3, -0.25) is 9.52 Å². The van der Waals surface area contributed by atoms with Crippen LogP contribution in [0.5, 0.6) is 0 Å². The molecule has 5 nitrogen and oxygen atoms in total. The predicted molar refractivity (Wildman–Crippen MR) is 108 cm³/mol. The van der Waals surface area contributed by atoms with Crippen molar-refractivity contribution in [2.24, 2.45) is 0 Å². The Balaban J connectivity index is 1.90. The Morgan fingerprint density at radius 2 is 1.59 bits per heavy atom. The molecule has 144 valence electrons. The molecule has 0 aliphatic carbocycles. The summed E-state index contributed by atoms with van der Waals surface area (Å²) in [5.41, 5.74) is 2.42. The van der Waals surface area contributed by atoms with Crippen molar-refractivity contribution < 1.29 is 13.2 Å². The summed E-state index contributed by atoms with van der Waals surface area (Å²) < 4.78 is 28.5. The molecule has 0 spiro atoms. The lowest BCUT2D eigenvalue weighted by atomic mass is 10.1. The Morgan fingerprint density at radius 3 is 2.26 bits per heavy atom. The number of rotatable bonds is 4. The molecule has 0 saturated carbocycles. The van der Waals surface area contributed by atoms with Crippen molar-refractivity contribution in [2.75, 3.05) is 17.8 Å². The lowest BCUT2D eigenvalue weighted by molar-refractivity contribution is 0.0761. The van der Waals surface area contributed by atoms with Crippen LogP contribution in [0, 0.1) is 13.8 Å². The minimum atomic E-state index is -3.78. The van der Waals surface area contributed by atoms with Crippen LogP contribution >= 0.6 is 0 Å². The number of anilines is 1. The highest BCUT2D eigenvalue weighted by Gasteiger charge is 2.22. The Morgan fingerprint density at radius 1 is 0.926 bits per heavy atom. The number of nitrogens with zero attached hydrogens (tertiary/aromatic N) is 1. The van der Waals surface area contributed by atoms with Gasteiger partial charge in [0.15, 0.2) is 0 Å². The summed E-state index contributed by atoms with van der Waals surface area (Å²) in [7, 11) is -3.78. The number of hydrogen-bond acceptors (Lipinski definition) is 3. The first-order chi connectivity index (χ1) is 12.9. The molecule has 0 aromatic heterocycles. The molecule has 6 heteroatoms. The molecule has 2 aromatic carbocycles. The van der Waals surface area contributed by atoms with Crippen molar-refractivity contribution in [3.8, 4) is 0 Å². The van der Waals surface area contributed by atoms with Crippen molar-refractivity contribution in [3.05, 3.63) is 59.2 Å². The lowest BCUT2D eigenvalue weighted by Crippen LogP contribution is -2.32. The summed E-state index contributed by atoms with van der Waals surface area (Å²) in [6.45, 7) is 5.06. The molecule has 0 unspecified atom stereocenters. The van der Waals surface area contributed by atoms with Crippen LogP contribution < -0.4 is 4.72 Å². The standard InChI is InChI=1S/C21H26N2O3S/c1-16-9-5-6-10-19(16)22-27(25,26)20-15-18(12-11-17(20)2)21(24)23-13-7-3-4-8-14-23/h5-6,9-12,15,22H,3-4,7-8,13-14H2,1-2H3. The average Bonchev–Trinajstić information content (AvgIpc) is 2.92. The number of aryl methyl sites for hydroxylation is 2. The van der Waals surface area contributed by atoms with Crippen LogP contribution in [0.2, 0.25) is 0 Å². The smallest absolute Gasteiger partial charge is 0.262 e. The number of nitrogens with one attached hydrogen (secondary N) is 1. The van der Waals surface area contributed by atoms with E-state index < -0.39 is 10.0 Å². The molecule has 0 atom stereocenters. The van der Waals surface area contributed by atoms with Gasteiger partial charge in [0.05, 0.1) is 10.6 Å². The molecule has 0 radical (unpaired) electrons. The van der Waals surface area contributed by atoms with Gasteiger partial charge >= 0.3 is 0 Å². The second-order valence-electron chi connectivity index (χ2n) is 7.11. The maximum atomic E-state index is 12.9. The topological polar surface area (TPSA) is 66.5 Å². The van der Waals surface area contributed by atoms with Crippen molar-refractivity contribution in [1.29, 1.82) is 0 Å². The Labute approximate surface area is 161 Å². The second kappa shape index (κ2) is 8.13. The molecule has 2 aromatic rings. The monoisotopic (exact) mass is 386 g/mol. The minimum Gasteiger partial charge on any atom is -0.339 e. The molecule has 27 heavy (non-hydrogen) atoms. The summed E-state index contributed by atoms with van der Waals surface area (Å²) in [6, 6.07) is 12.2. The summed E-state index contributed by atoms with van der Waals surface area (Å²) in [5.74, 6) is -0.0933. The van der Waals surface area contributed by atoms with E-state index >= 15 is 0 Å². The van der Waals surface area contributed by atoms with Crippen LogP contribution in [-0.4, -0.2) is 32.3 Å². The number of sulfonamides is 1. The Hall–Kier alpha value is -2.34. The molecule has 1 aliphatic heterocycles. The number of para-hydroxylation sites is 1. The van der Waals surface area contributed by atoms with Gasteiger partial charge in [-0.25, -0.2) is 8.42 Å². The number of carbonyl (C=O) groups is 1. The van der Waals surface area contributed by atoms with Crippen LogP contribution in [0.25, 0.3) is 0 Å². The van der Waals surface area contributed by atoms with E-state index in [0.717, 1.165) is 44.3 Å². The fourth-order valence-corrected chi connectivity index (χ4v) is 4.77. The van der Waals surface area contributed by atoms with E-state index in [0.29, 0.717) is 16.8 Å². The van der Waals surface area contributed by atoms with E-state index in [1.165, 1.54) is 6.07 Å². The van der Waals surface area contributed by atoms with Gasteiger partial charge in [0.2, 0.25) is 0 Å². The highest BCUT2D eigenvalue weighted by molar-refractivity contribution is 7.92. The third-order valence-corrected chi connectivity index (χ3v) is 6.51. The quantitative estimate of drug-likeness (QED) is 0.859. The number of carbonyl (C=O) groups excluding carboxylic acids is 1. The average molecular weight is 387 g/mol. The van der Waals surface area contributed by atoms with E-state index in [4.69, 9.17) is 0 Å². The molecule has 0 bridgehead atoms. The van der Waals surface area contributed by atoms with E-state index in [2.05, 4.69) is 4.72 Å². The van der Waals surface area contributed by atoms with E-state index in [1.54, 1.807) is 31.2 Å². The summed E-state index contributed by atoms with van der Waals surface area (Å²) in [5, 5.41) is 0. The molecule has 1 saturated heterocycles. The summed E-state index contributed by atoms with van der Waals surface area (Å²) in [6.07, 6.45) is 4.27. The second-order valence-corrected chi connectivity index (χ2v) is 8.76. The van der Waals surface area contributed by atoms with E-state index in [-0.39, 0.29) is 10.8 Å². The SMILES string of the molecule is Cc1ccccc1NS(=O)(=O)c1cc(C(=O)N2CCCCCC2)ccc1C. The maximum Gasteiger partial charge on any atom is 0.262 e. The van der Waals surface area contributed by atoms with E-state index in [1.807, 2.05) is 24.0 Å². The van der Waals surface area contributed by atoms with Gasteiger partial charge in [-0.1, -0.05) is 37.1 Å². The van der Waals surface area contributed by atoms with Gasteiger partial charge in [0.25, 0.3) is 15.9 Å². The largest absolute Gasteiger partial charge is 0.339 e. The first-order valence-electron chi connectivity index (χ1n) is 9.37. The number of amides is 1. The van der Waals surface area contributed by atoms with E-state index in [9.17, 15) is 13.2 Å². The zero-order chi connectivity index (χ0) is 19.4. The van der Waals surface area contributed by atoms with Crippen molar-refractivity contribution in [3.63, 3.8) is 0 Å². The fraction of sp³-hybridized carbons (Fsp3) is 0.381. The first kappa shape index (κ1) is 19.4. The molecule has 1 fully saturated rings. The van der Waals surface area contributed by atoms with Gasteiger partial charge < -0.3 is 4.90 Å². The van der Waals surface area contributed by atoms with Crippen LogP contribution in [0.4, 0.5) is 5.69 Å². The highest BCUT2D eigenvalue weighted by atomic mass is 32.2. The minimum absolute atomic E-state index is 0.0933. The third-order valence-electron chi connectivity index (χ3n) is 5.01. The number of likely N-dealkylation sites (tertiary alicyclic amines) is 1. The van der Waals surface area contributed by atoms with Crippen molar-refractivity contribution in [1.82, 2.24) is 4.90 Å². The summed E-state index contributed by atoms with van der Waals surface area (Å²) >= 11 is 0. The molecule has 3 rings (SSSR count). The Kier molecular flexibility index (Phi) is 5.85. The molecule has 1 amide bonds. The van der Waals surface area contributed by atoms with Crippen LogP contribution in [0.3, 0.4) is 0 Å². The van der Waals surface area contributed by atoms with Gasteiger partial charge in [-0.15, -0.1) is 0 Å². The fourth-order valence-electron chi connectivity index (χ4n) is 3.37. The number of hydrogen-bond donors (Lipinski definition) is 1. The lowest BCUT2D eigenvalue weighted by Gasteiger charge is -2.21. The van der Waals surface area contributed by atoms with Crippen LogP contribution in [0.15, 0.2) is 47.4 Å². The first-order valence-corrected chi connectivity index (χ1v) is 10.9. The predicted octanol–water partition coefficient (Wildman–Crippen LogP) is 4.12. The van der Waals surface area contributed by atoms with Gasteiger partial charge in [-0.05, 0) is 56.0 Å². The summed E-state index contributed by atoms with van der Waals surface area (Å²) in [4.78, 5) is 14.8. The molecule has 1 heterocycles. The van der Waals surface area contributed by atoms with Crippen LogP contribution in [-0.2, 0) is 10.0 Å². The number of benzene rings is 2. The van der Waals surface area contributed by atoms with Gasteiger partial charge in [-0.2, -0.15) is 0 Å². The van der Waals surface area contributed by atoms with Gasteiger partial charge in [0.1, 0.15) is 0 Å². The normalized spacial score (nSPS) is 15.3. The molecular formula is C21H26N2O3S.